The van der Waals surface area contributed by atoms with Crippen LogP contribution in [0.4, 0.5) is 0 Å². The third kappa shape index (κ3) is 1.04. The third-order valence-corrected chi connectivity index (χ3v) is 5.06. The molecular formula is C15H16O. The van der Waals surface area contributed by atoms with E-state index >= 15 is 0 Å². The van der Waals surface area contributed by atoms with Gasteiger partial charge in [-0.3, -0.25) is 4.79 Å². The van der Waals surface area contributed by atoms with Crippen LogP contribution in [0.1, 0.15) is 18.4 Å². The van der Waals surface area contributed by atoms with Gasteiger partial charge in [-0.1, -0.05) is 30.3 Å². The monoisotopic (exact) mass is 212 g/mol. The minimum Gasteiger partial charge on any atom is -0.299 e. The molecule has 0 N–H and O–H groups in total. The van der Waals surface area contributed by atoms with Crippen LogP contribution >= 0.6 is 0 Å². The molecule has 0 radical (unpaired) electrons. The molecule has 0 aliphatic heterocycles. The van der Waals surface area contributed by atoms with Gasteiger partial charge in [-0.05, 0) is 42.6 Å². The van der Waals surface area contributed by atoms with Gasteiger partial charge in [-0.15, -0.1) is 0 Å². The number of benzene rings is 1. The van der Waals surface area contributed by atoms with Crippen molar-refractivity contribution in [3.8, 4) is 0 Å². The van der Waals surface area contributed by atoms with E-state index < -0.39 is 0 Å². The molecule has 1 aromatic rings. The van der Waals surface area contributed by atoms with Crippen LogP contribution in [0, 0.1) is 29.6 Å². The number of fused-ring (bicyclic) bond motifs is 1. The zero-order valence-corrected chi connectivity index (χ0v) is 9.30. The summed E-state index contributed by atoms with van der Waals surface area (Å²) >= 11 is 0. The highest BCUT2D eigenvalue weighted by Crippen LogP contribution is 2.68. The smallest absolute Gasteiger partial charge is 0.139 e. The van der Waals surface area contributed by atoms with Gasteiger partial charge in [0.1, 0.15) is 5.78 Å². The highest BCUT2D eigenvalue weighted by Gasteiger charge is 2.68. The van der Waals surface area contributed by atoms with Crippen LogP contribution in [-0.4, -0.2) is 5.78 Å². The molecule has 4 fully saturated rings. The Morgan fingerprint density at radius 1 is 1.12 bits per heavy atom. The lowest BCUT2D eigenvalue weighted by Gasteiger charge is -2.28. The zero-order valence-electron chi connectivity index (χ0n) is 9.30. The van der Waals surface area contributed by atoms with Crippen LogP contribution in [0.2, 0.25) is 0 Å². The maximum atomic E-state index is 12.0. The number of hydrogen-bond donors (Lipinski definition) is 0. The summed E-state index contributed by atoms with van der Waals surface area (Å²) in [7, 11) is 0. The third-order valence-electron chi connectivity index (χ3n) is 5.06. The first-order chi connectivity index (χ1) is 7.86. The lowest BCUT2D eigenvalue weighted by Crippen LogP contribution is -2.28. The standard InChI is InChI=1S/C15H16O/c16-15-10-6-7-11-13(14(11)15)12(10)8-9-4-2-1-3-5-9/h1-5,10-14H,6-8H2/t10-,11?,12?,13+,14-/m1/s1. The summed E-state index contributed by atoms with van der Waals surface area (Å²) in [4.78, 5) is 12.0. The summed E-state index contributed by atoms with van der Waals surface area (Å²) in [5.41, 5.74) is 1.42. The molecule has 4 aliphatic rings. The maximum Gasteiger partial charge on any atom is 0.139 e. The molecule has 4 bridgehead atoms. The molecule has 0 heterocycles. The Labute approximate surface area is 95.9 Å². The van der Waals surface area contributed by atoms with Crippen molar-refractivity contribution in [3.05, 3.63) is 35.9 Å². The number of hydrogen-bond acceptors (Lipinski definition) is 1. The molecule has 2 unspecified atom stereocenters. The van der Waals surface area contributed by atoms with Crippen molar-refractivity contribution >= 4 is 5.78 Å². The maximum absolute atomic E-state index is 12.0. The van der Waals surface area contributed by atoms with Crippen molar-refractivity contribution in [2.24, 2.45) is 29.6 Å². The number of ketones is 1. The molecule has 5 rings (SSSR count). The quantitative estimate of drug-likeness (QED) is 0.736. The SMILES string of the molecule is O=C1[C@@H]2C3CC[C@@H]1C(Cc1ccccc1)[C@H]32. The average Bonchev–Trinajstić information content (AvgIpc) is 3.00. The van der Waals surface area contributed by atoms with Crippen molar-refractivity contribution < 1.29 is 4.79 Å². The molecule has 0 aromatic heterocycles. The second kappa shape index (κ2) is 2.97. The van der Waals surface area contributed by atoms with Crippen LogP contribution in [0.5, 0.6) is 0 Å². The van der Waals surface area contributed by atoms with E-state index in [1.807, 2.05) is 0 Å². The van der Waals surface area contributed by atoms with Gasteiger partial charge in [-0.2, -0.15) is 0 Å². The van der Waals surface area contributed by atoms with E-state index in [0.717, 1.165) is 18.3 Å². The van der Waals surface area contributed by atoms with Gasteiger partial charge < -0.3 is 0 Å². The molecule has 0 saturated heterocycles. The topological polar surface area (TPSA) is 17.1 Å². The van der Waals surface area contributed by atoms with Gasteiger partial charge in [0, 0.05) is 11.8 Å². The van der Waals surface area contributed by atoms with Crippen molar-refractivity contribution in [3.63, 3.8) is 0 Å². The fourth-order valence-corrected chi connectivity index (χ4v) is 4.38. The summed E-state index contributed by atoms with van der Waals surface area (Å²) in [6, 6.07) is 10.7. The molecular weight excluding hydrogens is 196 g/mol. The average molecular weight is 212 g/mol. The largest absolute Gasteiger partial charge is 0.299 e. The van der Waals surface area contributed by atoms with Crippen molar-refractivity contribution in [2.45, 2.75) is 19.3 Å². The first-order valence-corrected chi connectivity index (χ1v) is 6.44. The lowest BCUT2D eigenvalue weighted by atomic mass is 9.75. The van der Waals surface area contributed by atoms with Crippen LogP contribution in [0.3, 0.4) is 0 Å². The first kappa shape index (κ1) is 8.98. The molecule has 1 nitrogen and oxygen atoms in total. The van der Waals surface area contributed by atoms with Crippen LogP contribution < -0.4 is 0 Å². The Morgan fingerprint density at radius 2 is 1.94 bits per heavy atom. The molecule has 4 saturated carbocycles. The van der Waals surface area contributed by atoms with E-state index in [9.17, 15) is 4.79 Å². The van der Waals surface area contributed by atoms with Crippen molar-refractivity contribution in [2.75, 3.05) is 0 Å². The molecule has 0 spiro atoms. The van der Waals surface area contributed by atoms with Crippen LogP contribution in [0.25, 0.3) is 0 Å². The molecule has 82 valence electrons. The molecule has 0 amide bonds. The minimum atomic E-state index is 0.417. The van der Waals surface area contributed by atoms with Gasteiger partial charge >= 0.3 is 0 Å². The summed E-state index contributed by atoms with van der Waals surface area (Å²) in [6.45, 7) is 0. The summed E-state index contributed by atoms with van der Waals surface area (Å²) in [6.07, 6.45) is 3.64. The van der Waals surface area contributed by atoms with E-state index in [0.29, 0.717) is 23.5 Å². The Bertz CT molecular complexity index is 436. The van der Waals surface area contributed by atoms with Crippen molar-refractivity contribution in [1.82, 2.24) is 0 Å². The van der Waals surface area contributed by atoms with Crippen molar-refractivity contribution in [1.29, 1.82) is 0 Å². The van der Waals surface area contributed by atoms with Crippen LogP contribution in [0.15, 0.2) is 30.3 Å². The molecule has 1 aromatic carbocycles. The number of carbonyl (C=O) groups is 1. The van der Waals surface area contributed by atoms with Gasteiger partial charge in [0.15, 0.2) is 0 Å². The van der Waals surface area contributed by atoms with Gasteiger partial charge in [-0.25, -0.2) is 0 Å². The molecule has 1 heteroatoms. The van der Waals surface area contributed by atoms with E-state index in [-0.39, 0.29) is 0 Å². The second-order valence-corrected chi connectivity index (χ2v) is 5.71. The Morgan fingerprint density at radius 3 is 2.56 bits per heavy atom. The Hall–Kier alpha value is -1.11. The number of rotatable bonds is 2. The highest BCUT2D eigenvalue weighted by atomic mass is 16.1. The summed E-state index contributed by atoms with van der Waals surface area (Å²) < 4.78 is 0. The minimum absolute atomic E-state index is 0.417. The molecule has 5 atom stereocenters. The predicted molar refractivity (Wildman–Crippen MR) is 61.8 cm³/mol. The second-order valence-electron chi connectivity index (χ2n) is 5.71. The van der Waals surface area contributed by atoms with E-state index in [2.05, 4.69) is 30.3 Å². The summed E-state index contributed by atoms with van der Waals surface area (Å²) in [5, 5.41) is 0. The first-order valence-electron chi connectivity index (χ1n) is 6.44. The van der Waals surface area contributed by atoms with E-state index in [1.165, 1.54) is 18.4 Å². The van der Waals surface area contributed by atoms with Gasteiger partial charge in [0.2, 0.25) is 0 Å². The highest BCUT2D eigenvalue weighted by molar-refractivity contribution is 5.91. The fraction of sp³-hybridized carbons (Fsp3) is 0.533. The Balaban J connectivity index is 1.60. The molecule has 4 aliphatic carbocycles. The predicted octanol–water partition coefficient (Wildman–Crippen LogP) is 2.70. The Kier molecular flexibility index (Phi) is 1.66. The van der Waals surface area contributed by atoms with E-state index in [4.69, 9.17) is 0 Å². The van der Waals surface area contributed by atoms with Crippen LogP contribution in [-0.2, 0) is 11.2 Å². The fourth-order valence-electron chi connectivity index (χ4n) is 4.38. The normalized spacial score (nSPS) is 43.5. The molecule has 16 heavy (non-hydrogen) atoms. The lowest BCUT2D eigenvalue weighted by molar-refractivity contribution is -0.125. The van der Waals surface area contributed by atoms with E-state index in [1.54, 1.807) is 0 Å². The number of carbonyl (C=O) groups excluding carboxylic acids is 1. The zero-order chi connectivity index (χ0) is 10.7. The van der Waals surface area contributed by atoms with Gasteiger partial charge in [0.05, 0.1) is 0 Å². The summed E-state index contributed by atoms with van der Waals surface area (Å²) in [5.74, 6) is 3.76. The van der Waals surface area contributed by atoms with Gasteiger partial charge in [0.25, 0.3) is 0 Å². The number of Topliss-reactive ketones (excluding diaryl/α,β-unsaturated/α-hetero) is 1.